The molecule has 96 valence electrons. The number of rotatable bonds is 5. The first-order valence-electron chi connectivity index (χ1n) is 5.90. The van der Waals surface area contributed by atoms with E-state index in [1.54, 1.807) is 18.6 Å². The van der Waals surface area contributed by atoms with E-state index < -0.39 is 0 Å². The second-order valence-electron chi connectivity index (χ2n) is 4.14. The highest BCUT2D eigenvalue weighted by Crippen LogP contribution is 2.28. The molecule has 0 amide bonds. The molecule has 2 rings (SSSR count). The molecule has 1 aromatic carbocycles. The lowest BCUT2D eigenvalue weighted by Crippen LogP contribution is -2.20. The molecule has 1 aromatic heterocycles. The fourth-order valence-electron chi connectivity index (χ4n) is 1.89. The monoisotopic (exact) mass is 283 g/mol. The van der Waals surface area contributed by atoms with Crippen molar-refractivity contribution in [3.8, 4) is 0 Å². The highest BCUT2D eigenvalue weighted by atomic mass is 35.5. The Hall–Kier alpha value is -0.960. The van der Waals surface area contributed by atoms with Crippen LogP contribution in [0.4, 0.5) is 0 Å². The van der Waals surface area contributed by atoms with Gasteiger partial charge in [0.1, 0.15) is 0 Å². The lowest BCUT2D eigenvalue weighted by molar-refractivity contribution is 0.512. The normalized spacial score (nSPS) is 12.6. The molecule has 0 saturated carbocycles. The minimum Gasteiger partial charge on any atom is -0.472 e. The lowest BCUT2D eigenvalue weighted by Gasteiger charge is -2.18. The van der Waals surface area contributed by atoms with Gasteiger partial charge in [0.25, 0.3) is 0 Å². The second-order valence-corrected chi connectivity index (χ2v) is 4.98. The van der Waals surface area contributed by atoms with Crippen LogP contribution in [0, 0.1) is 0 Å². The van der Waals surface area contributed by atoms with E-state index in [1.807, 2.05) is 18.2 Å². The third kappa shape index (κ3) is 3.29. The summed E-state index contributed by atoms with van der Waals surface area (Å²) in [5.74, 6) is 0. The van der Waals surface area contributed by atoms with E-state index in [0.29, 0.717) is 10.0 Å². The van der Waals surface area contributed by atoms with Gasteiger partial charge in [-0.25, -0.2) is 0 Å². The van der Waals surface area contributed by atoms with Crippen LogP contribution in [0.3, 0.4) is 0 Å². The van der Waals surface area contributed by atoms with Gasteiger partial charge in [0, 0.05) is 28.2 Å². The van der Waals surface area contributed by atoms with E-state index in [0.717, 1.165) is 24.1 Å². The summed E-state index contributed by atoms with van der Waals surface area (Å²) in [7, 11) is 0. The summed E-state index contributed by atoms with van der Waals surface area (Å²) in [6, 6.07) is 7.78. The quantitative estimate of drug-likeness (QED) is 0.850. The number of furan rings is 1. The number of nitrogens with one attached hydrogen (secondary N) is 1. The fourth-order valence-corrected chi connectivity index (χ4v) is 2.43. The molecule has 1 unspecified atom stereocenters. The minimum absolute atomic E-state index is 0.213. The summed E-state index contributed by atoms with van der Waals surface area (Å²) in [6.07, 6.45) is 4.37. The smallest absolute Gasteiger partial charge is 0.0947 e. The van der Waals surface area contributed by atoms with Gasteiger partial charge in [-0.1, -0.05) is 36.2 Å². The minimum atomic E-state index is 0.213. The van der Waals surface area contributed by atoms with E-state index in [1.165, 1.54) is 0 Å². The van der Waals surface area contributed by atoms with Crippen molar-refractivity contribution in [2.24, 2.45) is 0 Å². The molecule has 2 aromatic rings. The summed E-state index contributed by atoms with van der Waals surface area (Å²) in [5.41, 5.74) is 2.20. The molecule has 0 aliphatic heterocycles. The zero-order valence-electron chi connectivity index (χ0n) is 10.1. The Labute approximate surface area is 117 Å². The van der Waals surface area contributed by atoms with Gasteiger partial charge in [0.05, 0.1) is 12.5 Å². The number of hydrogen-bond donors (Lipinski definition) is 1. The number of halogens is 2. The Kier molecular flexibility index (Phi) is 4.70. The lowest BCUT2D eigenvalue weighted by atomic mass is 10.0. The molecular weight excluding hydrogens is 269 g/mol. The second kappa shape index (κ2) is 6.28. The molecule has 0 radical (unpaired) electrons. The number of hydrogen-bond acceptors (Lipinski definition) is 2. The van der Waals surface area contributed by atoms with Crippen molar-refractivity contribution >= 4 is 23.2 Å². The predicted octanol–water partition coefficient (Wildman–Crippen LogP) is 4.83. The topological polar surface area (TPSA) is 25.2 Å². The molecular formula is C14H15Cl2NO. The van der Waals surface area contributed by atoms with Gasteiger partial charge in [-0.05, 0) is 30.2 Å². The molecule has 0 saturated heterocycles. The van der Waals surface area contributed by atoms with E-state index in [4.69, 9.17) is 27.6 Å². The summed E-state index contributed by atoms with van der Waals surface area (Å²) in [5, 5.41) is 4.82. The molecule has 4 heteroatoms. The van der Waals surface area contributed by atoms with Crippen LogP contribution in [0.5, 0.6) is 0 Å². The van der Waals surface area contributed by atoms with E-state index in [2.05, 4.69) is 12.2 Å². The van der Waals surface area contributed by atoms with Gasteiger partial charge in [0.2, 0.25) is 0 Å². The molecule has 0 aliphatic rings. The van der Waals surface area contributed by atoms with Gasteiger partial charge in [-0.3, -0.25) is 0 Å². The van der Waals surface area contributed by atoms with Crippen LogP contribution in [-0.4, -0.2) is 0 Å². The standard InChI is InChI=1S/C14H15Cl2NO/c1-2-14(17-8-10-5-6-18-9-10)12-4-3-11(15)7-13(12)16/h3-7,9,14,17H,2,8H2,1H3. The third-order valence-corrected chi connectivity index (χ3v) is 3.44. The van der Waals surface area contributed by atoms with Crippen molar-refractivity contribution in [1.82, 2.24) is 5.32 Å². The van der Waals surface area contributed by atoms with E-state index in [9.17, 15) is 0 Å². The molecule has 18 heavy (non-hydrogen) atoms. The molecule has 0 aliphatic carbocycles. The van der Waals surface area contributed by atoms with Crippen molar-refractivity contribution in [3.63, 3.8) is 0 Å². The molecule has 0 spiro atoms. The Morgan fingerprint density at radius 2 is 2.11 bits per heavy atom. The summed E-state index contributed by atoms with van der Waals surface area (Å²) in [6.45, 7) is 2.88. The van der Waals surface area contributed by atoms with Crippen LogP contribution >= 0.6 is 23.2 Å². The first kappa shape index (κ1) is 13.5. The van der Waals surface area contributed by atoms with Gasteiger partial charge >= 0.3 is 0 Å². The van der Waals surface area contributed by atoms with Crippen molar-refractivity contribution < 1.29 is 4.42 Å². The average Bonchev–Trinajstić information content (AvgIpc) is 2.85. The maximum atomic E-state index is 6.22. The van der Waals surface area contributed by atoms with Crippen LogP contribution in [-0.2, 0) is 6.54 Å². The Morgan fingerprint density at radius 3 is 2.72 bits per heavy atom. The first-order chi connectivity index (χ1) is 8.70. The zero-order chi connectivity index (χ0) is 13.0. The Morgan fingerprint density at radius 1 is 1.28 bits per heavy atom. The van der Waals surface area contributed by atoms with Crippen molar-refractivity contribution in [2.45, 2.75) is 25.9 Å². The summed E-state index contributed by atoms with van der Waals surface area (Å²) >= 11 is 12.1. The van der Waals surface area contributed by atoms with Crippen LogP contribution in [0.1, 0.15) is 30.5 Å². The van der Waals surface area contributed by atoms with Gasteiger partial charge in [0.15, 0.2) is 0 Å². The van der Waals surface area contributed by atoms with Crippen molar-refractivity contribution in [1.29, 1.82) is 0 Å². The van der Waals surface area contributed by atoms with Crippen LogP contribution in [0.15, 0.2) is 41.2 Å². The average molecular weight is 284 g/mol. The highest BCUT2D eigenvalue weighted by Gasteiger charge is 2.12. The maximum Gasteiger partial charge on any atom is 0.0947 e. The van der Waals surface area contributed by atoms with Crippen LogP contribution < -0.4 is 5.32 Å². The largest absolute Gasteiger partial charge is 0.472 e. The molecule has 1 atom stereocenters. The maximum absolute atomic E-state index is 6.22. The summed E-state index contributed by atoms with van der Waals surface area (Å²) < 4.78 is 5.04. The summed E-state index contributed by atoms with van der Waals surface area (Å²) in [4.78, 5) is 0. The van der Waals surface area contributed by atoms with E-state index >= 15 is 0 Å². The molecule has 1 heterocycles. The van der Waals surface area contributed by atoms with Gasteiger partial charge < -0.3 is 9.73 Å². The van der Waals surface area contributed by atoms with Crippen LogP contribution in [0.25, 0.3) is 0 Å². The predicted molar refractivity (Wildman–Crippen MR) is 75.0 cm³/mol. The third-order valence-electron chi connectivity index (χ3n) is 2.88. The van der Waals surface area contributed by atoms with Gasteiger partial charge in [-0.2, -0.15) is 0 Å². The molecule has 0 fully saturated rings. The first-order valence-corrected chi connectivity index (χ1v) is 6.65. The molecule has 2 nitrogen and oxygen atoms in total. The Balaban J connectivity index is 2.08. The van der Waals surface area contributed by atoms with Crippen molar-refractivity contribution in [2.75, 3.05) is 0 Å². The zero-order valence-corrected chi connectivity index (χ0v) is 11.6. The molecule has 1 N–H and O–H groups in total. The molecule has 0 bridgehead atoms. The van der Waals surface area contributed by atoms with E-state index in [-0.39, 0.29) is 6.04 Å². The number of benzene rings is 1. The SMILES string of the molecule is CCC(NCc1ccoc1)c1ccc(Cl)cc1Cl. The highest BCUT2D eigenvalue weighted by molar-refractivity contribution is 6.35. The fraction of sp³-hybridized carbons (Fsp3) is 0.286. The van der Waals surface area contributed by atoms with Crippen molar-refractivity contribution in [3.05, 3.63) is 58.0 Å². The Bertz CT molecular complexity index is 497. The van der Waals surface area contributed by atoms with Gasteiger partial charge in [-0.15, -0.1) is 0 Å². The van der Waals surface area contributed by atoms with Crippen LogP contribution in [0.2, 0.25) is 10.0 Å².